The molecule has 0 aliphatic carbocycles. The minimum absolute atomic E-state index is 0.000793. The minimum Gasteiger partial charge on any atom is -0.332 e. The summed E-state index contributed by atoms with van der Waals surface area (Å²) in [6, 6.07) is 5.60. The van der Waals surface area contributed by atoms with Gasteiger partial charge in [-0.05, 0) is 18.2 Å². The Morgan fingerprint density at radius 3 is 2.55 bits per heavy atom. The van der Waals surface area contributed by atoms with Crippen LogP contribution in [0.3, 0.4) is 0 Å². The number of H-pyrrole nitrogens is 1. The Bertz CT molecular complexity index is 709. The monoisotopic (exact) mass is 269 g/mol. The van der Waals surface area contributed by atoms with Gasteiger partial charge in [-0.3, -0.25) is 10.1 Å². The van der Waals surface area contributed by atoms with Crippen molar-refractivity contribution in [3.63, 3.8) is 0 Å². The van der Waals surface area contributed by atoms with E-state index in [2.05, 4.69) is 46.1 Å². The van der Waals surface area contributed by atoms with Gasteiger partial charge in [-0.15, -0.1) is 0 Å². The van der Waals surface area contributed by atoms with E-state index < -0.39 is 0 Å². The van der Waals surface area contributed by atoms with Gasteiger partial charge in [0.05, 0.1) is 0 Å². The number of nitrogens with zero attached hydrogens (tertiary/aromatic N) is 4. The third kappa shape index (κ3) is 2.32. The van der Waals surface area contributed by atoms with Gasteiger partial charge in [0, 0.05) is 29.1 Å². The summed E-state index contributed by atoms with van der Waals surface area (Å²) in [5.74, 6) is 0.936. The highest BCUT2D eigenvalue weighted by Gasteiger charge is 2.19. The first-order chi connectivity index (χ1) is 9.54. The summed E-state index contributed by atoms with van der Waals surface area (Å²) in [4.78, 5) is 8.32. The minimum atomic E-state index is -0.000793. The number of aromatic nitrogens is 5. The molecule has 3 rings (SSSR count). The lowest BCUT2D eigenvalue weighted by Crippen LogP contribution is -2.11. The molecule has 6 heteroatoms. The summed E-state index contributed by atoms with van der Waals surface area (Å²) in [6.07, 6.45) is 3.38. The van der Waals surface area contributed by atoms with Crippen molar-refractivity contribution >= 4 is 0 Å². The predicted molar refractivity (Wildman–Crippen MR) is 73.8 cm³/mol. The maximum Gasteiger partial charge on any atom is 0.278 e. The molecule has 3 aromatic heterocycles. The Balaban J connectivity index is 1.93. The molecule has 0 bridgehead atoms. The topological polar surface area (TPSA) is 80.5 Å². The second kappa shape index (κ2) is 4.56. The van der Waals surface area contributed by atoms with E-state index >= 15 is 0 Å². The maximum absolute atomic E-state index is 5.27. The molecule has 0 atom stereocenters. The molecule has 0 fully saturated rings. The van der Waals surface area contributed by atoms with Gasteiger partial charge in [0.2, 0.25) is 5.82 Å². The zero-order valence-electron chi connectivity index (χ0n) is 11.6. The quantitative estimate of drug-likeness (QED) is 0.773. The molecule has 0 saturated carbocycles. The standard InChI is InChI=1S/C14H15N5O/c1-14(2,3)11-8-10(17-18-11)13-16-12(19-20-13)9-4-6-15-7-5-9/h4-8H,1-3H3,(H,17,18). The number of nitrogens with one attached hydrogen (secondary N) is 1. The van der Waals surface area contributed by atoms with Crippen LogP contribution in [0.1, 0.15) is 26.5 Å². The second-order valence-corrected chi connectivity index (χ2v) is 5.58. The van der Waals surface area contributed by atoms with Crippen molar-refractivity contribution in [2.24, 2.45) is 0 Å². The Hall–Kier alpha value is -2.50. The van der Waals surface area contributed by atoms with Crippen LogP contribution >= 0.6 is 0 Å². The molecule has 3 aromatic rings. The molecule has 20 heavy (non-hydrogen) atoms. The van der Waals surface area contributed by atoms with Gasteiger partial charge in [-0.25, -0.2) is 0 Å². The highest BCUT2D eigenvalue weighted by molar-refractivity contribution is 5.57. The summed E-state index contributed by atoms with van der Waals surface area (Å²) in [5.41, 5.74) is 2.54. The van der Waals surface area contributed by atoms with Crippen molar-refractivity contribution in [3.8, 4) is 23.0 Å². The van der Waals surface area contributed by atoms with Crippen LogP contribution in [0.25, 0.3) is 23.0 Å². The summed E-state index contributed by atoms with van der Waals surface area (Å²) >= 11 is 0. The first-order valence-electron chi connectivity index (χ1n) is 6.34. The summed E-state index contributed by atoms with van der Waals surface area (Å²) in [7, 11) is 0. The van der Waals surface area contributed by atoms with Gasteiger partial charge >= 0.3 is 0 Å². The molecule has 102 valence electrons. The number of rotatable bonds is 2. The molecule has 0 unspecified atom stereocenters. The lowest BCUT2D eigenvalue weighted by molar-refractivity contribution is 0.431. The molecule has 3 heterocycles. The first-order valence-corrected chi connectivity index (χ1v) is 6.34. The number of aromatic amines is 1. The number of pyridine rings is 1. The van der Waals surface area contributed by atoms with Crippen LogP contribution in [0.5, 0.6) is 0 Å². The third-order valence-electron chi connectivity index (χ3n) is 2.97. The van der Waals surface area contributed by atoms with E-state index in [0.717, 1.165) is 11.3 Å². The highest BCUT2D eigenvalue weighted by Crippen LogP contribution is 2.25. The van der Waals surface area contributed by atoms with Crippen molar-refractivity contribution in [1.29, 1.82) is 0 Å². The van der Waals surface area contributed by atoms with E-state index in [4.69, 9.17) is 4.52 Å². The van der Waals surface area contributed by atoms with Gasteiger partial charge in [0.15, 0.2) is 5.69 Å². The Morgan fingerprint density at radius 1 is 1.15 bits per heavy atom. The lowest BCUT2D eigenvalue weighted by atomic mass is 9.92. The summed E-state index contributed by atoms with van der Waals surface area (Å²) in [5, 5.41) is 11.2. The molecule has 0 spiro atoms. The van der Waals surface area contributed by atoms with E-state index in [-0.39, 0.29) is 5.41 Å². The number of hydrogen-bond acceptors (Lipinski definition) is 5. The van der Waals surface area contributed by atoms with E-state index in [1.54, 1.807) is 12.4 Å². The maximum atomic E-state index is 5.27. The second-order valence-electron chi connectivity index (χ2n) is 5.58. The van der Waals surface area contributed by atoms with E-state index in [0.29, 0.717) is 17.4 Å². The molecule has 0 radical (unpaired) electrons. The van der Waals surface area contributed by atoms with Crippen LogP contribution in [0.2, 0.25) is 0 Å². The van der Waals surface area contributed by atoms with Crippen molar-refractivity contribution in [2.45, 2.75) is 26.2 Å². The largest absolute Gasteiger partial charge is 0.332 e. The Morgan fingerprint density at radius 2 is 1.90 bits per heavy atom. The van der Waals surface area contributed by atoms with E-state index in [1.165, 1.54) is 0 Å². The van der Waals surface area contributed by atoms with Crippen LogP contribution in [0.15, 0.2) is 35.1 Å². The average Bonchev–Trinajstić information content (AvgIpc) is 3.08. The van der Waals surface area contributed by atoms with E-state index in [1.807, 2.05) is 18.2 Å². The van der Waals surface area contributed by atoms with Gasteiger partial charge in [0.1, 0.15) is 0 Å². The summed E-state index contributed by atoms with van der Waals surface area (Å²) < 4.78 is 5.27. The molecule has 0 saturated heterocycles. The highest BCUT2D eigenvalue weighted by atomic mass is 16.5. The SMILES string of the molecule is CC(C)(C)c1cc(-c2nc(-c3ccncc3)no2)n[nH]1. The van der Waals surface area contributed by atoms with Crippen LogP contribution in [0, 0.1) is 0 Å². The Kier molecular flexibility index (Phi) is 2.85. The fourth-order valence-electron chi connectivity index (χ4n) is 1.76. The normalized spacial score (nSPS) is 11.8. The first kappa shape index (κ1) is 12.5. The molecular formula is C14H15N5O. The smallest absolute Gasteiger partial charge is 0.278 e. The average molecular weight is 269 g/mol. The predicted octanol–water partition coefficient (Wildman–Crippen LogP) is 2.82. The molecule has 0 aromatic carbocycles. The molecule has 0 aliphatic heterocycles. The van der Waals surface area contributed by atoms with Crippen LogP contribution < -0.4 is 0 Å². The van der Waals surface area contributed by atoms with Crippen molar-refractivity contribution in [3.05, 3.63) is 36.3 Å². The van der Waals surface area contributed by atoms with Crippen molar-refractivity contribution in [2.75, 3.05) is 0 Å². The molecule has 1 N–H and O–H groups in total. The van der Waals surface area contributed by atoms with Gasteiger partial charge < -0.3 is 4.52 Å². The molecule has 0 aliphatic rings. The van der Waals surface area contributed by atoms with Crippen LogP contribution in [-0.2, 0) is 5.41 Å². The molecule has 0 amide bonds. The van der Waals surface area contributed by atoms with Gasteiger partial charge in [-0.2, -0.15) is 10.1 Å². The van der Waals surface area contributed by atoms with E-state index in [9.17, 15) is 0 Å². The number of hydrogen-bond donors (Lipinski definition) is 1. The van der Waals surface area contributed by atoms with Crippen molar-refractivity contribution in [1.82, 2.24) is 25.3 Å². The Labute approximate surface area is 116 Å². The lowest BCUT2D eigenvalue weighted by Gasteiger charge is -2.14. The van der Waals surface area contributed by atoms with Crippen LogP contribution in [-0.4, -0.2) is 25.3 Å². The zero-order valence-corrected chi connectivity index (χ0v) is 11.6. The fourth-order valence-corrected chi connectivity index (χ4v) is 1.76. The molecule has 6 nitrogen and oxygen atoms in total. The fraction of sp³-hybridized carbons (Fsp3) is 0.286. The zero-order chi connectivity index (χ0) is 14.2. The van der Waals surface area contributed by atoms with Crippen molar-refractivity contribution < 1.29 is 4.52 Å². The third-order valence-corrected chi connectivity index (χ3v) is 2.97. The molecular weight excluding hydrogens is 254 g/mol. The summed E-state index contributed by atoms with van der Waals surface area (Å²) in [6.45, 7) is 6.33. The van der Waals surface area contributed by atoms with Gasteiger partial charge in [-0.1, -0.05) is 25.9 Å². The van der Waals surface area contributed by atoms with Crippen LogP contribution in [0.4, 0.5) is 0 Å². The van der Waals surface area contributed by atoms with Gasteiger partial charge in [0.25, 0.3) is 5.89 Å².